The van der Waals surface area contributed by atoms with Crippen molar-refractivity contribution in [2.75, 3.05) is 0 Å². The maximum atomic E-state index is 12.8. The Morgan fingerprint density at radius 3 is 2.19 bits per heavy atom. The molecule has 2 bridgehead atoms. The highest BCUT2D eigenvalue weighted by molar-refractivity contribution is 5.81. The van der Waals surface area contributed by atoms with E-state index in [2.05, 4.69) is 0 Å². The highest BCUT2D eigenvalue weighted by Crippen LogP contribution is 2.64. The molecule has 26 heavy (non-hydrogen) atoms. The number of hydrogen-bond donors (Lipinski definition) is 2. The van der Waals surface area contributed by atoms with Gasteiger partial charge in [-0.3, -0.25) is 4.79 Å². The Bertz CT molecular complexity index is 915. The fraction of sp³-hybridized carbons (Fsp3) is 0.350. The molecule has 0 aliphatic carbocycles. The number of phenols is 2. The second-order valence-corrected chi connectivity index (χ2v) is 7.46. The van der Waals surface area contributed by atoms with E-state index < -0.39 is 5.60 Å². The van der Waals surface area contributed by atoms with E-state index >= 15 is 0 Å². The Hall–Kier alpha value is -2.73. The molecule has 1 spiro atoms. The molecule has 4 atom stereocenters. The molecule has 2 N–H and O–H groups in total. The predicted molar refractivity (Wildman–Crippen MR) is 88.0 cm³/mol. The van der Waals surface area contributed by atoms with E-state index in [1.165, 1.54) is 12.1 Å². The summed E-state index contributed by atoms with van der Waals surface area (Å²) in [4.78, 5) is 12.8. The van der Waals surface area contributed by atoms with Crippen molar-refractivity contribution in [2.24, 2.45) is 11.8 Å². The number of ether oxygens (including phenoxy) is 3. The quantitative estimate of drug-likeness (QED) is 0.709. The Morgan fingerprint density at radius 2 is 1.54 bits per heavy atom. The first kappa shape index (κ1) is 14.4. The average molecular weight is 352 g/mol. The maximum absolute atomic E-state index is 12.8. The highest BCUT2D eigenvalue weighted by atomic mass is 16.6. The highest BCUT2D eigenvalue weighted by Gasteiger charge is 2.70. The van der Waals surface area contributed by atoms with E-state index in [4.69, 9.17) is 14.2 Å². The fourth-order valence-corrected chi connectivity index (χ4v) is 5.33. The predicted octanol–water partition coefficient (Wildman–Crippen LogP) is 2.80. The fourth-order valence-electron chi connectivity index (χ4n) is 5.33. The number of carbonyl (C=O) groups is 1. The lowest BCUT2D eigenvalue weighted by atomic mass is 9.66. The molecule has 6 heteroatoms. The van der Waals surface area contributed by atoms with E-state index in [1.807, 2.05) is 0 Å². The van der Waals surface area contributed by atoms with Crippen LogP contribution in [0.1, 0.15) is 24.0 Å². The van der Waals surface area contributed by atoms with Gasteiger partial charge in [0, 0.05) is 29.2 Å². The minimum Gasteiger partial charge on any atom is -0.508 e. The van der Waals surface area contributed by atoms with Gasteiger partial charge in [-0.25, -0.2) is 0 Å². The SMILES string of the molecule is O=C1OC2(c3ccc(O)cc3Oc3cc(O)ccc32)[C@@H]2[C@@H]1[C@@H]1CC[C@@H]2O1. The van der Waals surface area contributed by atoms with E-state index in [0.717, 1.165) is 12.8 Å². The first-order chi connectivity index (χ1) is 12.6. The molecule has 4 aliphatic heterocycles. The van der Waals surface area contributed by atoms with Crippen LogP contribution in [0.3, 0.4) is 0 Å². The van der Waals surface area contributed by atoms with Gasteiger partial charge < -0.3 is 24.4 Å². The summed E-state index contributed by atoms with van der Waals surface area (Å²) in [5.74, 6) is 0.292. The van der Waals surface area contributed by atoms with Crippen molar-refractivity contribution in [2.45, 2.75) is 30.7 Å². The lowest BCUT2D eigenvalue weighted by molar-refractivity contribution is -0.153. The number of esters is 1. The van der Waals surface area contributed by atoms with Gasteiger partial charge in [0.05, 0.1) is 18.1 Å². The molecule has 2 aromatic carbocycles. The Balaban J connectivity index is 1.66. The van der Waals surface area contributed by atoms with Crippen LogP contribution in [0, 0.1) is 11.8 Å². The van der Waals surface area contributed by atoms with Crippen LogP contribution in [0.15, 0.2) is 36.4 Å². The topological polar surface area (TPSA) is 85.2 Å². The summed E-state index contributed by atoms with van der Waals surface area (Å²) in [7, 11) is 0. The summed E-state index contributed by atoms with van der Waals surface area (Å²) in [6.07, 6.45) is 1.61. The van der Waals surface area contributed by atoms with Crippen LogP contribution in [-0.4, -0.2) is 28.4 Å². The molecule has 132 valence electrons. The largest absolute Gasteiger partial charge is 0.508 e. The van der Waals surface area contributed by atoms with Crippen LogP contribution in [0.25, 0.3) is 0 Å². The number of fused-ring (bicyclic) bond motifs is 10. The molecule has 3 fully saturated rings. The van der Waals surface area contributed by atoms with Crippen molar-refractivity contribution in [1.29, 1.82) is 0 Å². The molecule has 4 aliphatic rings. The van der Waals surface area contributed by atoms with E-state index in [-0.39, 0.29) is 41.5 Å². The summed E-state index contributed by atoms with van der Waals surface area (Å²) in [6, 6.07) is 9.68. The zero-order chi connectivity index (χ0) is 17.6. The summed E-state index contributed by atoms with van der Waals surface area (Å²) in [6.45, 7) is 0. The van der Waals surface area contributed by atoms with Crippen LogP contribution < -0.4 is 4.74 Å². The van der Waals surface area contributed by atoms with Gasteiger partial charge in [-0.05, 0) is 37.1 Å². The van der Waals surface area contributed by atoms with Crippen molar-refractivity contribution >= 4 is 5.97 Å². The van der Waals surface area contributed by atoms with Crippen LogP contribution in [0.2, 0.25) is 0 Å². The zero-order valence-corrected chi connectivity index (χ0v) is 13.7. The maximum Gasteiger partial charge on any atom is 0.313 e. The molecule has 0 saturated carbocycles. The van der Waals surface area contributed by atoms with E-state index in [0.29, 0.717) is 22.6 Å². The number of phenolic OH excluding ortho intramolecular Hbond substituents is 2. The van der Waals surface area contributed by atoms with Crippen LogP contribution in [0.4, 0.5) is 0 Å². The smallest absolute Gasteiger partial charge is 0.313 e. The Kier molecular flexibility index (Phi) is 2.50. The molecular formula is C20H16O6. The number of carbonyl (C=O) groups excluding carboxylic acids is 1. The summed E-state index contributed by atoms with van der Waals surface area (Å²) in [5.41, 5.74) is 0.405. The number of rotatable bonds is 0. The lowest BCUT2D eigenvalue weighted by Crippen LogP contribution is -2.42. The van der Waals surface area contributed by atoms with Crippen LogP contribution in [0.5, 0.6) is 23.0 Å². The number of hydrogen-bond acceptors (Lipinski definition) is 6. The first-order valence-electron chi connectivity index (χ1n) is 8.81. The second kappa shape index (κ2) is 4.51. The molecule has 0 unspecified atom stereocenters. The van der Waals surface area contributed by atoms with Gasteiger partial charge in [0.1, 0.15) is 23.0 Å². The zero-order valence-electron chi connectivity index (χ0n) is 13.7. The summed E-state index contributed by atoms with van der Waals surface area (Å²) < 4.78 is 18.1. The third kappa shape index (κ3) is 1.54. The second-order valence-electron chi connectivity index (χ2n) is 7.46. The third-order valence-corrected chi connectivity index (χ3v) is 6.23. The molecular weight excluding hydrogens is 336 g/mol. The molecule has 0 radical (unpaired) electrons. The van der Waals surface area contributed by atoms with Gasteiger partial charge in [0.25, 0.3) is 0 Å². The molecule has 3 saturated heterocycles. The summed E-state index contributed by atoms with van der Waals surface area (Å²) in [5, 5.41) is 19.8. The van der Waals surface area contributed by atoms with Crippen molar-refractivity contribution in [1.82, 2.24) is 0 Å². The van der Waals surface area contributed by atoms with Crippen molar-refractivity contribution < 1.29 is 29.2 Å². The van der Waals surface area contributed by atoms with Crippen LogP contribution >= 0.6 is 0 Å². The molecule has 0 amide bonds. The van der Waals surface area contributed by atoms with E-state index in [9.17, 15) is 15.0 Å². The van der Waals surface area contributed by atoms with Gasteiger partial charge in [-0.15, -0.1) is 0 Å². The van der Waals surface area contributed by atoms with Gasteiger partial charge in [0.2, 0.25) is 0 Å². The minimum absolute atomic E-state index is 0.0575. The Morgan fingerprint density at radius 1 is 0.923 bits per heavy atom. The molecule has 2 aromatic rings. The monoisotopic (exact) mass is 352 g/mol. The van der Waals surface area contributed by atoms with Crippen molar-refractivity contribution in [3.8, 4) is 23.0 Å². The molecule has 6 rings (SSSR count). The average Bonchev–Trinajstić information content (AvgIpc) is 3.28. The molecule has 0 aromatic heterocycles. The van der Waals surface area contributed by atoms with Gasteiger partial charge in [0.15, 0.2) is 5.60 Å². The van der Waals surface area contributed by atoms with Crippen molar-refractivity contribution in [3.05, 3.63) is 47.5 Å². The van der Waals surface area contributed by atoms with Gasteiger partial charge in [-0.2, -0.15) is 0 Å². The van der Waals surface area contributed by atoms with Gasteiger partial charge in [-0.1, -0.05) is 0 Å². The van der Waals surface area contributed by atoms with Crippen molar-refractivity contribution in [3.63, 3.8) is 0 Å². The summed E-state index contributed by atoms with van der Waals surface area (Å²) >= 11 is 0. The standard InChI is InChI=1S/C20H16O6/c21-9-1-3-11-15(7-9)25-16-8-10(22)2-4-12(16)20(11)18-14-6-5-13(24-14)17(18)19(23)26-20/h1-4,7-8,13-14,17-18,21-22H,5-6H2/t13-,14-,17-,18-/m0/s1. The van der Waals surface area contributed by atoms with E-state index in [1.54, 1.807) is 24.3 Å². The third-order valence-electron chi connectivity index (χ3n) is 6.23. The van der Waals surface area contributed by atoms with Gasteiger partial charge >= 0.3 is 5.97 Å². The minimum atomic E-state index is -1.02. The van der Waals surface area contributed by atoms with Crippen LogP contribution in [-0.2, 0) is 19.9 Å². The molecule has 4 heterocycles. The first-order valence-corrected chi connectivity index (χ1v) is 8.81. The number of benzene rings is 2. The lowest BCUT2D eigenvalue weighted by Gasteiger charge is -2.41. The normalized spacial score (nSPS) is 31.9. The molecule has 6 nitrogen and oxygen atoms in total. The number of aromatic hydroxyl groups is 2. The Labute approximate surface area is 148 Å².